The van der Waals surface area contributed by atoms with E-state index in [0.717, 1.165) is 10.3 Å². The summed E-state index contributed by atoms with van der Waals surface area (Å²) in [5, 5.41) is 51.1. The van der Waals surface area contributed by atoms with Gasteiger partial charge in [-0.3, -0.25) is 0 Å². The second-order valence-corrected chi connectivity index (χ2v) is 8.23. The Morgan fingerprint density at radius 1 is 0.929 bits per heavy atom. The predicted octanol–water partition coefficient (Wildman–Crippen LogP) is 1.71. The van der Waals surface area contributed by atoms with Crippen LogP contribution in [0.4, 0.5) is 0 Å². The molecule has 0 radical (unpaired) electrons. The Morgan fingerprint density at radius 2 is 1.71 bits per heavy atom. The fourth-order valence-corrected chi connectivity index (χ4v) is 4.70. The summed E-state index contributed by atoms with van der Waals surface area (Å²) < 4.78 is 6.79. The number of fused-ring (bicyclic) bond motifs is 1. The summed E-state index contributed by atoms with van der Waals surface area (Å²) in [6, 6.07) is 15.0. The molecule has 0 unspecified atom stereocenters. The van der Waals surface area contributed by atoms with Crippen molar-refractivity contribution in [2.45, 2.75) is 36.9 Å². The largest absolute Gasteiger partial charge is 0.508 e. The number of thiophene rings is 1. The van der Waals surface area contributed by atoms with Crippen molar-refractivity contribution in [1.82, 2.24) is 0 Å². The summed E-state index contributed by atoms with van der Waals surface area (Å²) in [5.74, 6) is 0.130. The fraction of sp³-hybridized carbons (Fsp3) is 0.333. The topological polar surface area (TPSA) is 110 Å². The van der Waals surface area contributed by atoms with Gasteiger partial charge < -0.3 is 30.3 Å². The molecule has 0 saturated carbocycles. The molecule has 4 rings (SSSR count). The molecule has 0 bridgehead atoms. The van der Waals surface area contributed by atoms with Gasteiger partial charge in [0.15, 0.2) is 0 Å². The zero-order valence-corrected chi connectivity index (χ0v) is 15.8. The van der Waals surface area contributed by atoms with Crippen molar-refractivity contribution in [1.29, 1.82) is 0 Å². The summed E-state index contributed by atoms with van der Waals surface area (Å²) in [7, 11) is 0. The SMILES string of the molecule is OC[C@H]1O[C@@H](c2ccc(O)c(Cc3cc4ccccc4s3)c2)[C@H](O)[C@@H](O)[C@@H]1O. The first-order valence-electron chi connectivity index (χ1n) is 9.07. The molecule has 7 heteroatoms. The Labute approximate surface area is 165 Å². The van der Waals surface area contributed by atoms with Gasteiger partial charge in [0.05, 0.1) is 6.61 Å². The Morgan fingerprint density at radius 3 is 2.46 bits per heavy atom. The molecule has 5 N–H and O–H groups in total. The number of hydrogen-bond acceptors (Lipinski definition) is 7. The molecule has 1 aliphatic rings. The zero-order valence-electron chi connectivity index (χ0n) is 15.0. The maximum atomic E-state index is 10.3. The van der Waals surface area contributed by atoms with E-state index in [0.29, 0.717) is 17.5 Å². The molecule has 1 aliphatic heterocycles. The van der Waals surface area contributed by atoms with Crippen LogP contribution in [0.5, 0.6) is 5.75 Å². The fourth-order valence-electron chi connectivity index (χ4n) is 3.61. The number of rotatable bonds is 4. The maximum absolute atomic E-state index is 10.3. The van der Waals surface area contributed by atoms with Gasteiger partial charge in [-0.1, -0.05) is 24.3 Å². The highest BCUT2D eigenvalue weighted by Crippen LogP contribution is 2.35. The molecule has 148 valence electrons. The lowest BCUT2D eigenvalue weighted by atomic mass is 9.90. The molecule has 1 fully saturated rings. The number of phenols is 1. The van der Waals surface area contributed by atoms with Crippen LogP contribution >= 0.6 is 11.3 Å². The predicted molar refractivity (Wildman–Crippen MR) is 105 cm³/mol. The van der Waals surface area contributed by atoms with Crippen LogP contribution in [0.1, 0.15) is 22.1 Å². The average molecular weight is 402 g/mol. The highest BCUT2D eigenvalue weighted by atomic mass is 32.1. The molecule has 6 nitrogen and oxygen atoms in total. The standard InChI is InChI=1S/C21H22O6S/c22-10-16-18(24)19(25)20(26)21(27-16)12-5-6-15(23)13(7-12)9-14-8-11-3-1-2-4-17(11)28-14/h1-8,16,18-26H,9-10H2/t16-,18-,19+,20-,21+/m1/s1. The van der Waals surface area contributed by atoms with Crippen LogP contribution in [-0.4, -0.2) is 56.6 Å². The number of aliphatic hydroxyl groups is 4. The van der Waals surface area contributed by atoms with Crippen molar-refractivity contribution in [2.75, 3.05) is 6.61 Å². The van der Waals surface area contributed by atoms with Gasteiger partial charge >= 0.3 is 0 Å². The van der Waals surface area contributed by atoms with E-state index in [1.165, 1.54) is 10.8 Å². The quantitative estimate of drug-likeness (QED) is 0.455. The van der Waals surface area contributed by atoms with Crippen LogP contribution in [-0.2, 0) is 11.2 Å². The number of benzene rings is 2. The molecular formula is C21H22O6S. The van der Waals surface area contributed by atoms with Crippen molar-refractivity contribution < 1.29 is 30.3 Å². The number of hydrogen-bond donors (Lipinski definition) is 5. The van der Waals surface area contributed by atoms with E-state index < -0.39 is 37.1 Å². The van der Waals surface area contributed by atoms with Gasteiger partial charge in [0.1, 0.15) is 36.3 Å². The smallest absolute Gasteiger partial charge is 0.119 e. The molecule has 1 aromatic heterocycles. The third-order valence-electron chi connectivity index (χ3n) is 5.17. The highest BCUT2D eigenvalue weighted by Gasteiger charge is 2.44. The van der Waals surface area contributed by atoms with Crippen LogP contribution < -0.4 is 0 Å². The van der Waals surface area contributed by atoms with Gasteiger partial charge in [0, 0.05) is 16.0 Å². The summed E-state index contributed by atoms with van der Waals surface area (Å²) >= 11 is 1.65. The van der Waals surface area contributed by atoms with Gasteiger partial charge in [0.25, 0.3) is 0 Å². The van der Waals surface area contributed by atoms with Crippen LogP contribution in [0, 0.1) is 0 Å². The molecule has 0 aliphatic carbocycles. The van der Waals surface area contributed by atoms with Gasteiger partial charge in [-0.2, -0.15) is 0 Å². The molecule has 0 spiro atoms. The van der Waals surface area contributed by atoms with Crippen molar-refractivity contribution in [3.63, 3.8) is 0 Å². The van der Waals surface area contributed by atoms with Crippen molar-refractivity contribution in [3.8, 4) is 5.75 Å². The third kappa shape index (κ3) is 3.53. The van der Waals surface area contributed by atoms with Crippen LogP contribution in [0.15, 0.2) is 48.5 Å². The molecule has 2 aromatic carbocycles. The lowest BCUT2D eigenvalue weighted by Gasteiger charge is -2.40. The van der Waals surface area contributed by atoms with E-state index in [1.807, 2.05) is 24.3 Å². The maximum Gasteiger partial charge on any atom is 0.119 e. The third-order valence-corrected chi connectivity index (χ3v) is 6.28. The normalized spacial score (nSPS) is 27.9. The average Bonchev–Trinajstić information content (AvgIpc) is 3.11. The number of aliphatic hydroxyl groups excluding tert-OH is 4. The van der Waals surface area contributed by atoms with Crippen LogP contribution in [0.25, 0.3) is 10.1 Å². The molecule has 5 atom stereocenters. The van der Waals surface area contributed by atoms with E-state index >= 15 is 0 Å². The summed E-state index contributed by atoms with van der Waals surface area (Å²) in [6.07, 6.45) is -5.56. The molecule has 1 saturated heterocycles. The van der Waals surface area contributed by atoms with E-state index in [1.54, 1.807) is 23.5 Å². The Bertz CT molecular complexity index is 935. The summed E-state index contributed by atoms with van der Waals surface area (Å²) in [6.45, 7) is -0.478. The second kappa shape index (κ2) is 7.79. The number of phenolic OH excluding ortho intramolecular Hbond substituents is 1. The Balaban J connectivity index is 1.63. The van der Waals surface area contributed by atoms with Crippen molar-refractivity contribution in [2.24, 2.45) is 0 Å². The lowest BCUT2D eigenvalue weighted by Crippen LogP contribution is -2.55. The lowest BCUT2D eigenvalue weighted by molar-refractivity contribution is -0.231. The minimum Gasteiger partial charge on any atom is -0.508 e. The molecule has 0 amide bonds. The monoisotopic (exact) mass is 402 g/mol. The van der Waals surface area contributed by atoms with E-state index in [-0.39, 0.29) is 5.75 Å². The van der Waals surface area contributed by atoms with Crippen LogP contribution in [0.3, 0.4) is 0 Å². The van der Waals surface area contributed by atoms with Crippen molar-refractivity contribution in [3.05, 3.63) is 64.5 Å². The van der Waals surface area contributed by atoms with E-state index in [9.17, 15) is 25.5 Å². The van der Waals surface area contributed by atoms with Crippen molar-refractivity contribution >= 4 is 21.4 Å². The molecule has 2 heterocycles. The van der Waals surface area contributed by atoms with Gasteiger partial charge in [-0.15, -0.1) is 11.3 Å². The van der Waals surface area contributed by atoms with Crippen LogP contribution in [0.2, 0.25) is 0 Å². The summed E-state index contributed by atoms with van der Waals surface area (Å²) in [5.41, 5.74) is 1.23. The Hall–Kier alpha value is -2.00. The first kappa shape index (κ1) is 19.3. The number of ether oxygens (including phenoxy) is 1. The second-order valence-electron chi connectivity index (χ2n) is 7.06. The zero-order chi connectivity index (χ0) is 19.8. The Kier molecular flexibility index (Phi) is 5.37. The number of aromatic hydroxyl groups is 1. The minimum atomic E-state index is -1.43. The minimum absolute atomic E-state index is 0.130. The van der Waals surface area contributed by atoms with Gasteiger partial charge in [-0.25, -0.2) is 0 Å². The van der Waals surface area contributed by atoms with E-state index in [2.05, 4.69) is 6.07 Å². The van der Waals surface area contributed by atoms with Gasteiger partial charge in [0.2, 0.25) is 0 Å². The molecule has 3 aromatic rings. The summed E-state index contributed by atoms with van der Waals surface area (Å²) in [4.78, 5) is 1.09. The first-order valence-corrected chi connectivity index (χ1v) is 9.89. The molecule has 28 heavy (non-hydrogen) atoms. The highest BCUT2D eigenvalue weighted by molar-refractivity contribution is 7.19. The van der Waals surface area contributed by atoms with Gasteiger partial charge in [-0.05, 0) is 40.8 Å². The first-order chi connectivity index (χ1) is 13.5. The van der Waals surface area contributed by atoms with E-state index in [4.69, 9.17) is 4.74 Å². The molecular weight excluding hydrogens is 380 g/mol.